The quantitative estimate of drug-likeness (QED) is 0.787. The van der Waals surface area contributed by atoms with E-state index >= 15 is 0 Å². The third kappa shape index (κ3) is 4.72. The first-order valence-corrected chi connectivity index (χ1v) is 6.13. The summed E-state index contributed by atoms with van der Waals surface area (Å²) in [4.78, 5) is 11.3. The molecule has 0 saturated heterocycles. The zero-order valence-corrected chi connectivity index (χ0v) is 10.9. The van der Waals surface area contributed by atoms with Gasteiger partial charge in [-0.25, -0.2) is 0 Å². The topological polar surface area (TPSA) is 46.5 Å². The molecule has 1 N–H and O–H groups in total. The second-order valence-electron chi connectivity index (χ2n) is 4.35. The van der Waals surface area contributed by atoms with Crippen molar-refractivity contribution in [3.63, 3.8) is 0 Å². The number of ether oxygens (including phenoxy) is 1. The summed E-state index contributed by atoms with van der Waals surface area (Å²) in [5.74, 6) is -0.399. The van der Waals surface area contributed by atoms with Crippen LogP contribution in [-0.2, 0) is 9.53 Å². The summed E-state index contributed by atoms with van der Waals surface area (Å²) in [6.07, 6.45) is 4.83. The largest absolute Gasteiger partial charge is 0.469 e. The smallest absolute Gasteiger partial charge is 0.308 e. The Morgan fingerprint density at radius 2 is 2.06 bits per heavy atom. The van der Waals surface area contributed by atoms with Crippen molar-refractivity contribution in [3.8, 4) is 0 Å². The van der Waals surface area contributed by atoms with E-state index in [0.29, 0.717) is 6.42 Å². The van der Waals surface area contributed by atoms with Crippen molar-refractivity contribution in [2.45, 2.75) is 31.8 Å². The number of benzene rings is 1. The SMILES string of the molecule is CCCC(O)(/C=C/c1ccccc1)CC(=O)OC. The maximum atomic E-state index is 11.3. The Balaban J connectivity index is 2.78. The molecule has 18 heavy (non-hydrogen) atoms. The maximum Gasteiger partial charge on any atom is 0.308 e. The monoisotopic (exact) mass is 248 g/mol. The van der Waals surface area contributed by atoms with E-state index in [1.54, 1.807) is 6.08 Å². The van der Waals surface area contributed by atoms with E-state index in [9.17, 15) is 9.90 Å². The molecule has 1 atom stereocenters. The Kier molecular flexibility index (Phi) is 5.59. The number of carbonyl (C=O) groups is 1. The number of methoxy groups -OCH3 is 1. The van der Waals surface area contributed by atoms with Gasteiger partial charge in [0.1, 0.15) is 0 Å². The zero-order valence-electron chi connectivity index (χ0n) is 10.9. The second kappa shape index (κ2) is 6.97. The molecule has 0 fully saturated rings. The minimum atomic E-state index is -1.13. The highest BCUT2D eigenvalue weighted by Gasteiger charge is 2.26. The van der Waals surface area contributed by atoms with Crippen molar-refractivity contribution in [1.82, 2.24) is 0 Å². The molecule has 0 aliphatic rings. The van der Waals surface area contributed by atoms with Crippen LogP contribution in [0, 0.1) is 0 Å². The van der Waals surface area contributed by atoms with Gasteiger partial charge in [0.05, 0.1) is 19.1 Å². The maximum absolute atomic E-state index is 11.3. The average Bonchev–Trinajstić information content (AvgIpc) is 2.38. The van der Waals surface area contributed by atoms with Crippen LogP contribution >= 0.6 is 0 Å². The van der Waals surface area contributed by atoms with E-state index in [0.717, 1.165) is 12.0 Å². The van der Waals surface area contributed by atoms with Gasteiger partial charge >= 0.3 is 5.97 Å². The third-order valence-corrected chi connectivity index (χ3v) is 2.75. The van der Waals surface area contributed by atoms with Crippen LogP contribution in [-0.4, -0.2) is 23.8 Å². The third-order valence-electron chi connectivity index (χ3n) is 2.75. The van der Waals surface area contributed by atoms with E-state index in [4.69, 9.17) is 0 Å². The lowest BCUT2D eigenvalue weighted by atomic mass is 9.93. The first-order chi connectivity index (χ1) is 8.59. The minimum Gasteiger partial charge on any atom is -0.469 e. The molecule has 1 aromatic rings. The fourth-order valence-corrected chi connectivity index (χ4v) is 1.80. The Morgan fingerprint density at radius 3 is 2.61 bits per heavy atom. The summed E-state index contributed by atoms with van der Waals surface area (Å²) in [5, 5.41) is 10.4. The molecule has 0 heterocycles. The van der Waals surface area contributed by atoms with Gasteiger partial charge in [0.15, 0.2) is 0 Å². The van der Waals surface area contributed by atoms with Crippen LogP contribution in [0.3, 0.4) is 0 Å². The highest BCUT2D eigenvalue weighted by molar-refractivity contribution is 5.71. The molecule has 3 nitrogen and oxygen atoms in total. The predicted molar refractivity (Wildman–Crippen MR) is 72.0 cm³/mol. The molecule has 0 saturated carbocycles. The van der Waals surface area contributed by atoms with Crippen LogP contribution in [0.15, 0.2) is 36.4 Å². The molecule has 98 valence electrons. The van der Waals surface area contributed by atoms with Gasteiger partial charge in [0.25, 0.3) is 0 Å². The van der Waals surface area contributed by atoms with Gasteiger partial charge in [-0.2, -0.15) is 0 Å². The lowest BCUT2D eigenvalue weighted by Gasteiger charge is -2.22. The first-order valence-electron chi connectivity index (χ1n) is 6.13. The summed E-state index contributed by atoms with van der Waals surface area (Å²) in [6.45, 7) is 1.97. The molecule has 3 heteroatoms. The first kappa shape index (κ1) is 14.5. The molecule has 0 aliphatic carbocycles. The van der Waals surface area contributed by atoms with Gasteiger partial charge in [-0.15, -0.1) is 0 Å². The molecule has 0 spiro atoms. The number of hydrogen-bond donors (Lipinski definition) is 1. The summed E-state index contributed by atoms with van der Waals surface area (Å²) in [7, 11) is 1.33. The van der Waals surface area contributed by atoms with E-state index in [2.05, 4.69) is 4.74 Å². The number of esters is 1. The molecular weight excluding hydrogens is 228 g/mol. The molecule has 0 radical (unpaired) electrons. The number of carbonyl (C=O) groups excluding carboxylic acids is 1. The van der Waals surface area contributed by atoms with Crippen molar-refractivity contribution in [3.05, 3.63) is 42.0 Å². The Hall–Kier alpha value is -1.61. The van der Waals surface area contributed by atoms with Crippen LogP contribution in [0.5, 0.6) is 0 Å². The summed E-state index contributed by atoms with van der Waals surface area (Å²) >= 11 is 0. The highest BCUT2D eigenvalue weighted by atomic mass is 16.5. The van der Waals surface area contributed by atoms with Gasteiger partial charge < -0.3 is 9.84 Å². The zero-order chi connectivity index (χ0) is 13.4. The normalized spacial score (nSPS) is 14.4. The second-order valence-corrected chi connectivity index (χ2v) is 4.35. The summed E-state index contributed by atoms with van der Waals surface area (Å²) in [5.41, 5.74) is -0.130. The number of aliphatic hydroxyl groups is 1. The van der Waals surface area contributed by atoms with Crippen LogP contribution < -0.4 is 0 Å². The Morgan fingerprint density at radius 1 is 1.39 bits per heavy atom. The molecule has 0 bridgehead atoms. The van der Waals surface area contributed by atoms with E-state index < -0.39 is 11.6 Å². The molecule has 1 aromatic carbocycles. The summed E-state index contributed by atoms with van der Waals surface area (Å²) in [6, 6.07) is 9.68. The minimum absolute atomic E-state index is 0.0132. The Labute approximate surface area is 108 Å². The van der Waals surface area contributed by atoms with Gasteiger partial charge in [-0.05, 0) is 12.0 Å². The highest BCUT2D eigenvalue weighted by Crippen LogP contribution is 2.21. The van der Waals surface area contributed by atoms with Crippen LogP contribution in [0.2, 0.25) is 0 Å². The molecule has 1 rings (SSSR count). The molecule has 0 aromatic heterocycles. The average molecular weight is 248 g/mol. The molecule has 0 amide bonds. The predicted octanol–water partition coefficient (Wildman–Crippen LogP) is 2.79. The van der Waals surface area contributed by atoms with Crippen molar-refractivity contribution < 1.29 is 14.6 Å². The molecular formula is C15H20O3. The number of hydrogen-bond acceptors (Lipinski definition) is 3. The van der Waals surface area contributed by atoms with Gasteiger partial charge in [-0.3, -0.25) is 4.79 Å². The number of rotatable bonds is 6. The van der Waals surface area contributed by atoms with Gasteiger partial charge in [0.2, 0.25) is 0 Å². The fourth-order valence-electron chi connectivity index (χ4n) is 1.80. The van der Waals surface area contributed by atoms with Gasteiger partial charge in [0, 0.05) is 0 Å². The van der Waals surface area contributed by atoms with E-state index in [1.807, 2.05) is 43.3 Å². The van der Waals surface area contributed by atoms with Crippen molar-refractivity contribution in [2.75, 3.05) is 7.11 Å². The van der Waals surface area contributed by atoms with Crippen molar-refractivity contribution in [1.29, 1.82) is 0 Å². The van der Waals surface area contributed by atoms with Crippen LogP contribution in [0.4, 0.5) is 0 Å². The van der Waals surface area contributed by atoms with Crippen LogP contribution in [0.25, 0.3) is 6.08 Å². The van der Waals surface area contributed by atoms with Crippen LogP contribution in [0.1, 0.15) is 31.7 Å². The van der Waals surface area contributed by atoms with Crippen molar-refractivity contribution in [2.24, 2.45) is 0 Å². The fraction of sp³-hybridized carbons (Fsp3) is 0.400. The summed E-state index contributed by atoms with van der Waals surface area (Å²) < 4.78 is 4.61. The Bertz CT molecular complexity index is 397. The standard InChI is InChI=1S/C15H20O3/c1-3-10-15(17,12-14(16)18-2)11-9-13-7-5-4-6-8-13/h4-9,11,17H,3,10,12H2,1-2H3/b11-9+. The van der Waals surface area contributed by atoms with E-state index in [1.165, 1.54) is 7.11 Å². The molecule has 1 unspecified atom stereocenters. The van der Waals surface area contributed by atoms with Crippen molar-refractivity contribution >= 4 is 12.0 Å². The van der Waals surface area contributed by atoms with Gasteiger partial charge in [-0.1, -0.05) is 55.8 Å². The lowest BCUT2D eigenvalue weighted by molar-refractivity contribution is -0.144. The van der Waals surface area contributed by atoms with E-state index in [-0.39, 0.29) is 6.42 Å². The lowest BCUT2D eigenvalue weighted by Crippen LogP contribution is -2.29. The molecule has 0 aliphatic heterocycles.